The smallest absolute Gasteiger partial charge is 0.257 e. The molecule has 1 aromatic heterocycles. The second-order valence-corrected chi connectivity index (χ2v) is 6.84. The topological polar surface area (TPSA) is 60.5 Å². The number of hydrogen-bond acceptors (Lipinski definition) is 4. The number of pyridine rings is 1. The lowest BCUT2D eigenvalue weighted by Gasteiger charge is -2.11. The van der Waals surface area contributed by atoms with Gasteiger partial charge in [-0.15, -0.1) is 0 Å². The lowest BCUT2D eigenvalue weighted by atomic mass is 10.1. The van der Waals surface area contributed by atoms with Crippen molar-refractivity contribution in [3.63, 3.8) is 0 Å². The quantitative estimate of drug-likeness (QED) is 0.566. The van der Waals surface area contributed by atoms with E-state index in [0.29, 0.717) is 33.5 Å². The Labute approximate surface area is 170 Å². The molecule has 0 saturated heterocycles. The van der Waals surface area contributed by atoms with E-state index in [1.165, 1.54) is 6.20 Å². The predicted octanol–water partition coefficient (Wildman–Crippen LogP) is 5.43. The molecule has 0 radical (unpaired) electrons. The number of anilines is 1. The molecule has 0 atom stereocenters. The highest BCUT2D eigenvalue weighted by Crippen LogP contribution is 2.32. The van der Waals surface area contributed by atoms with E-state index in [2.05, 4.69) is 26.2 Å². The third kappa shape index (κ3) is 4.40. The van der Waals surface area contributed by atoms with Crippen LogP contribution in [0.2, 0.25) is 5.02 Å². The van der Waals surface area contributed by atoms with E-state index in [4.69, 9.17) is 21.1 Å². The molecule has 5 nitrogen and oxygen atoms in total. The highest BCUT2D eigenvalue weighted by molar-refractivity contribution is 9.10. The van der Waals surface area contributed by atoms with Gasteiger partial charge in [0.1, 0.15) is 11.5 Å². The van der Waals surface area contributed by atoms with Gasteiger partial charge in [-0.05, 0) is 64.5 Å². The normalized spacial score (nSPS) is 10.4. The molecule has 0 saturated carbocycles. The first-order valence-corrected chi connectivity index (χ1v) is 9.14. The highest BCUT2D eigenvalue weighted by Gasteiger charge is 2.12. The van der Waals surface area contributed by atoms with Crippen LogP contribution in [-0.4, -0.2) is 25.1 Å². The van der Waals surface area contributed by atoms with Crippen molar-refractivity contribution < 1.29 is 14.3 Å². The molecule has 0 spiro atoms. The maximum absolute atomic E-state index is 12.4. The Morgan fingerprint density at radius 2 is 1.89 bits per heavy atom. The van der Waals surface area contributed by atoms with Gasteiger partial charge in [0.2, 0.25) is 0 Å². The summed E-state index contributed by atoms with van der Waals surface area (Å²) in [5.41, 5.74) is 2.49. The van der Waals surface area contributed by atoms with Crippen LogP contribution in [-0.2, 0) is 0 Å². The lowest BCUT2D eigenvalue weighted by molar-refractivity contribution is 0.102. The Hall–Kier alpha value is -2.57. The van der Waals surface area contributed by atoms with Gasteiger partial charge in [0.25, 0.3) is 5.91 Å². The molecule has 3 rings (SSSR count). The number of nitrogens with zero attached hydrogens (tertiary/aromatic N) is 1. The summed E-state index contributed by atoms with van der Waals surface area (Å²) < 4.78 is 11.4. The molecular weight excluding hydrogens is 432 g/mol. The molecule has 1 amide bonds. The van der Waals surface area contributed by atoms with Crippen molar-refractivity contribution in [3.8, 4) is 22.8 Å². The summed E-state index contributed by atoms with van der Waals surface area (Å²) >= 11 is 9.37. The Morgan fingerprint density at radius 1 is 1.07 bits per heavy atom. The lowest BCUT2D eigenvalue weighted by Crippen LogP contribution is -2.12. The van der Waals surface area contributed by atoms with E-state index in [1.54, 1.807) is 44.6 Å². The van der Waals surface area contributed by atoms with Gasteiger partial charge in [-0.3, -0.25) is 9.78 Å². The molecule has 0 fully saturated rings. The van der Waals surface area contributed by atoms with E-state index in [-0.39, 0.29) is 5.91 Å². The number of nitrogens with one attached hydrogen (secondary N) is 1. The van der Waals surface area contributed by atoms with Crippen molar-refractivity contribution in [3.05, 3.63) is 69.8 Å². The summed E-state index contributed by atoms with van der Waals surface area (Å²) in [6.45, 7) is 0. The minimum absolute atomic E-state index is 0.273. The van der Waals surface area contributed by atoms with Crippen LogP contribution in [0.25, 0.3) is 11.3 Å². The number of benzene rings is 2. The van der Waals surface area contributed by atoms with Crippen molar-refractivity contribution in [2.45, 2.75) is 0 Å². The van der Waals surface area contributed by atoms with E-state index in [9.17, 15) is 4.79 Å². The maximum Gasteiger partial charge on any atom is 0.257 e. The summed E-state index contributed by atoms with van der Waals surface area (Å²) in [4.78, 5) is 16.8. The summed E-state index contributed by atoms with van der Waals surface area (Å²) in [6.07, 6.45) is 1.52. The zero-order valence-corrected chi connectivity index (χ0v) is 17.0. The Kier molecular flexibility index (Phi) is 5.98. The third-order valence-electron chi connectivity index (χ3n) is 3.89. The highest BCUT2D eigenvalue weighted by atomic mass is 79.9. The molecule has 1 N–H and O–H groups in total. The van der Waals surface area contributed by atoms with Crippen LogP contribution in [0.1, 0.15) is 10.4 Å². The van der Waals surface area contributed by atoms with Gasteiger partial charge >= 0.3 is 0 Å². The third-order valence-corrected chi connectivity index (χ3v) is 5.12. The van der Waals surface area contributed by atoms with Gasteiger partial charge in [-0.1, -0.05) is 11.6 Å². The van der Waals surface area contributed by atoms with Gasteiger partial charge in [0.05, 0.1) is 30.5 Å². The Morgan fingerprint density at radius 3 is 2.52 bits per heavy atom. The van der Waals surface area contributed by atoms with Crippen LogP contribution in [0.5, 0.6) is 11.5 Å². The second kappa shape index (κ2) is 8.41. The van der Waals surface area contributed by atoms with E-state index in [1.807, 2.05) is 18.2 Å². The first kappa shape index (κ1) is 19.2. The first-order chi connectivity index (χ1) is 13.0. The van der Waals surface area contributed by atoms with Crippen molar-refractivity contribution in [2.75, 3.05) is 19.5 Å². The number of methoxy groups -OCH3 is 2. The minimum Gasteiger partial charge on any atom is -0.497 e. The number of rotatable bonds is 5. The largest absolute Gasteiger partial charge is 0.497 e. The maximum atomic E-state index is 12.4. The van der Waals surface area contributed by atoms with Gasteiger partial charge in [-0.25, -0.2) is 0 Å². The minimum atomic E-state index is -0.273. The van der Waals surface area contributed by atoms with Crippen LogP contribution in [0.3, 0.4) is 0 Å². The number of halogens is 2. The average molecular weight is 448 g/mol. The summed E-state index contributed by atoms with van der Waals surface area (Å²) in [6, 6.07) is 14.1. The monoisotopic (exact) mass is 446 g/mol. The molecule has 0 aliphatic carbocycles. The molecule has 1 heterocycles. The van der Waals surface area contributed by atoms with Crippen molar-refractivity contribution >= 4 is 39.1 Å². The zero-order chi connectivity index (χ0) is 19.4. The van der Waals surface area contributed by atoms with E-state index in [0.717, 1.165) is 10.0 Å². The van der Waals surface area contributed by atoms with Crippen molar-refractivity contribution in [1.82, 2.24) is 4.98 Å². The fourth-order valence-corrected chi connectivity index (χ4v) is 2.91. The second-order valence-electron chi connectivity index (χ2n) is 5.58. The molecular formula is C20H16BrClN2O3. The van der Waals surface area contributed by atoms with Crippen LogP contribution >= 0.6 is 27.5 Å². The van der Waals surface area contributed by atoms with Gasteiger partial charge in [-0.2, -0.15) is 0 Å². The number of carbonyl (C=O) groups is 1. The number of amides is 1. The number of aromatic nitrogens is 1. The molecule has 0 unspecified atom stereocenters. The molecule has 3 aromatic rings. The number of ether oxygens (including phenoxy) is 2. The molecule has 0 bridgehead atoms. The molecule has 7 heteroatoms. The standard InChI is InChI=1S/C20H16BrClN2O3/c1-26-14-5-8-19(27-2)15(10-14)18-7-3-12(11-23-18)20(25)24-13-4-6-16(21)17(22)9-13/h3-11H,1-2H3,(H,24,25). The summed E-state index contributed by atoms with van der Waals surface area (Å²) in [7, 11) is 3.19. The Balaban J connectivity index is 1.82. The van der Waals surface area contributed by atoms with Crippen molar-refractivity contribution in [2.24, 2.45) is 0 Å². The van der Waals surface area contributed by atoms with Crippen LogP contribution in [0, 0.1) is 0 Å². The first-order valence-electron chi connectivity index (χ1n) is 7.96. The van der Waals surface area contributed by atoms with Gasteiger partial charge < -0.3 is 14.8 Å². The van der Waals surface area contributed by atoms with Crippen LogP contribution in [0.4, 0.5) is 5.69 Å². The average Bonchev–Trinajstić information content (AvgIpc) is 2.70. The molecule has 2 aromatic carbocycles. The molecule has 0 aliphatic heterocycles. The van der Waals surface area contributed by atoms with Gasteiger partial charge in [0.15, 0.2) is 0 Å². The fourth-order valence-electron chi connectivity index (χ4n) is 2.48. The van der Waals surface area contributed by atoms with E-state index >= 15 is 0 Å². The number of carbonyl (C=O) groups excluding carboxylic acids is 1. The zero-order valence-electron chi connectivity index (χ0n) is 14.6. The molecule has 0 aliphatic rings. The molecule has 138 valence electrons. The van der Waals surface area contributed by atoms with Gasteiger partial charge in [0, 0.05) is 21.9 Å². The Bertz CT molecular complexity index is 977. The van der Waals surface area contributed by atoms with Crippen LogP contribution < -0.4 is 14.8 Å². The fraction of sp³-hybridized carbons (Fsp3) is 0.100. The van der Waals surface area contributed by atoms with Crippen LogP contribution in [0.15, 0.2) is 59.2 Å². The predicted molar refractivity (Wildman–Crippen MR) is 110 cm³/mol. The van der Waals surface area contributed by atoms with E-state index < -0.39 is 0 Å². The summed E-state index contributed by atoms with van der Waals surface area (Å²) in [5.74, 6) is 1.09. The molecule has 27 heavy (non-hydrogen) atoms. The number of hydrogen-bond donors (Lipinski definition) is 1. The van der Waals surface area contributed by atoms with Crippen molar-refractivity contribution in [1.29, 1.82) is 0 Å². The summed E-state index contributed by atoms with van der Waals surface area (Å²) in [5, 5.41) is 3.32. The SMILES string of the molecule is COc1ccc(OC)c(-c2ccc(C(=O)Nc3ccc(Br)c(Cl)c3)cn2)c1.